The van der Waals surface area contributed by atoms with Crippen LogP contribution in [0.4, 0.5) is 10.1 Å². The van der Waals surface area contributed by atoms with Crippen LogP contribution in [0.2, 0.25) is 5.02 Å². The van der Waals surface area contributed by atoms with Gasteiger partial charge in [0.1, 0.15) is 5.69 Å². The van der Waals surface area contributed by atoms with Crippen molar-refractivity contribution in [1.82, 2.24) is 9.97 Å². The molecule has 0 aliphatic heterocycles. The van der Waals surface area contributed by atoms with Crippen molar-refractivity contribution >= 4 is 29.3 Å². The Morgan fingerprint density at radius 3 is 2.96 bits per heavy atom. The van der Waals surface area contributed by atoms with Gasteiger partial charge in [-0.15, -0.1) is 0 Å². The molecule has 8 nitrogen and oxygen atoms in total. The number of halogens is 2. The summed E-state index contributed by atoms with van der Waals surface area (Å²) in [5.74, 6) is -1.34. The Morgan fingerprint density at radius 2 is 2.24 bits per heavy atom. The molecule has 0 fully saturated rings. The van der Waals surface area contributed by atoms with Gasteiger partial charge >= 0.3 is 12.0 Å². The number of carbonyl (C=O) groups excluding carboxylic acids is 2. The van der Waals surface area contributed by atoms with Gasteiger partial charge in [0.2, 0.25) is 12.0 Å². The fourth-order valence-electron chi connectivity index (χ4n) is 1.62. The molecule has 0 saturated carbocycles. The molecule has 0 radical (unpaired) electrons. The quantitative estimate of drug-likeness (QED) is 0.421. The Bertz CT molecular complexity index is 827. The average Bonchev–Trinajstić information content (AvgIpc) is 2.58. The molecule has 1 heterocycles. The highest BCUT2D eigenvalue weighted by atomic mass is 35.5. The fraction of sp³-hybridized carbons (Fsp3) is 0.200. The summed E-state index contributed by atoms with van der Waals surface area (Å²) in [7, 11) is 0. The van der Waals surface area contributed by atoms with Crippen molar-refractivity contribution in [3.63, 3.8) is 0 Å². The molecule has 0 amide bonds. The molecular weight excluding hydrogens is 357 g/mol. The molecule has 0 aliphatic carbocycles. The Morgan fingerprint density at radius 1 is 1.44 bits per heavy atom. The van der Waals surface area contributed by atoms with Crippen LogP contribution in [0, 0.1) is 5.82 Å². The number of hydrogen-bond donors (Lipinski definition) is 0. The molecule has 1 aromatic carbocycles. The predicted molar refractivity (Wildman–Crippen MR) is 83.4 cm³/mol. The molecule has 0 atom stereocenters. The number of nitrogens with zero attached hydrogens (tertiary/aromatic N) is 3. The second-order valence-electron chi connectivity index (χ2n) is 4.31. The minimum absolute atomic E-state index is 0.0281. The van der Waals surface area contributed by atoms with Crippen LogP contribution in [0.25, 0.3) is 0 Å². The Hall–Kier alpha value is -3.03. The van der Waals surface area contributed by atoms with Gasteiger partial charge in [0.25, 0.3) is 0 Å². The Labute approximate surface area is 146 Å². The van der Waals surface area contributed by atoms with Crippen molar-refractivity contribution in [3.05, 3.63) is 35.2 Å². The van der Waals surface area contributed by atoms with Crippen LogP contribution in [0.1, 0.15) is 6.92 Å². The Balaban J connectivity index is 2.15. The first-order chi connectivity index (χ1) is 12.0. The van der Waals surface area contributed by atoms with Gasteiger partial charge < -0.3 is 14.2 Å². The molecule has 0 aliphatic rings. The second-order valence-corrected chi connectivity index (χ2v) is 4.72. The Kier molecular flexibility index (Phi) is 6.39. The van der Waals surface area contributed by atoms with E-state index in [0.29, 0.717) is 0 Å². The van der Waals surface area contributed by atoms with E-state index < -0.39 is 11.8 Å². The first kappa shape index (κ1) is 18.3. The van der Waals surface area contributed by atoms with E-state index in [4.69, 9.17) is 25.8 Å². The lowest BCUT2D eigenvalue weighted by Gasteiger charge is -2.08. The van der Waals surface area contributed by atoms with Crippen molar-refractivity contribution in [1.29, 1.82) is 0 Å². The second kappa shape index (κ2) is 8.72. The first-order valence-electron chi connectivity index (χ1n) is 6.89. The van der Waals surface area contributed by atoms with Crippen LogP contribution in [0.15, 0.2) is 29.4 Å². The maximum absolute atomic E-state index is 13.6. The highest BCUT2D eigenvalue weighted by Crippen LogP contribution is 2.34. The van der Waals surface area contributed by atoms with E-state index in [9.17, 15) is 14.0 Å². The topological polar surface area (TPSA) is 100.0 Å². The zero-order valence-electron chi connectivity index (χ0n) is 12.9. The number of ether oxygens (including phenoxy) is 3. The van der Waals surface area contributed by atoms with Gasteiger partial charge in [-0.25, -0.2) is 19.0 Å². The van der Waals surface area contributed by atoms with Crippen molar-refractivity contribution in [2.24, 2.45) is 4.99 Å². The summed E-state index contributed by atoms with van der Waals surface area (Å²) in [5, 5.41) is -0.0798. The molecule has 2 rings (SSSR count). The zero-order chi connectivity index (χ0) is 18.2. The standard InChI is InChI=1S/C15H11ClFN3O5/c1-2-23-14(22)7-24-13-3-4-18-15(20-13)25-12-6-11(19-8-21)10(17)5-9(12)16/h3-6H,2,7H2,1H3. The minimum Gasteiger partial charge on any atom is -0.465 e. The SMILES string of the molecule is CCOC(=O)COc1ccnc(Oc2cc(N=C=O)c(F)cc2Cl)n1. The molecule has 2 aromatic rings. The highest BCUT2D eigenvalue weighted by molar-refractivity contribution is 6.32. The molecule has 0 saturated heterocycles. The van der Waals surface area contributed by atoms with E-state index in [1.807, 2.05) is 0 Å². The first-order valence-corrected chi connectivity index (χ1v) is 7.27. The third kappa shape index (κ3) is 5.23. The normalized spacial score (nSPS) is 9.88. The molecule has 25 heavy (non-hydrogen) atoms. The average molecular weight is 368 g/mol. The monoisotopic (exact) mass is 367 g/mol. The molecular formula is C15H11ClFN3O5. The zero-order valence-corrected chi connectivity index (χ0v) is 13.6. The van der Waals surface area contributed by atoms with Crippen LogP contribution in [-0.4, -0.2) is 35.2 Å². The van der Waals surface area contributed by atoms with Gasteiger partial charge in [0.15, 0.2) is 18.2 Å². The van der Waals surface area contributed by atoms with Gasteiger partial charge in [-0.3, -0.25) is 0 Å². The highest BCUT2D eigenvalue weighted by Gasteiger charge is 2.12. The van der Waals surface area contributed by atoms with Crippen molar-refractivity contribution in [2.45, 2.75) is 6.92 Å². The summed E-state index contributed by atoms with van der Waals surface area (Å²) in [6.45, 7) is 1.57. The lowest BCUT2D eigenvalue weighted by Crippen LogP contribution is -2.15. The summed E-state index contributed by atoms with van der Waals surface area (Å²) in [5.41, 5.74) is -0.302. The molecule has 130 valence electrons. The maximum Gasteiger partial charge on any atom is 0.344 e. The van der Waals surface area contributed by atoms with E-state index in [1.54, 1.807) is 6.92 Å². The van der Waals surface area contributed by atoms with Gasteiger partial charge in [-0.05, 0) is 13.0 Å². The van der Waals surface area contributed by atoms with Gasteiger partial charge in [-0.1, -0.05) is 11.6 Å². The van der Waals surface area contributed by atoms with Gasteiger partial charge in [-0.2, -0.15) is 9.98 Å². The van der Waals surface area contributed by atoms with Crippen LogP contribution in [0.5, 0.6) is 17.6 Å². The smallest absolute Gasteiger partial charge is 0.344 e. The summed E-state index contributed by atoms with van der Waals surface area (Å²) >= 11 is 5.88. The number of hydrogen-bond acceptors (Lipinski definition) is 8. The van der Waals surface area contributed by atoms with Crippen LogP contribution >= 0.6 is 11.6 Å². The maximum atomic E-state index is 13.6. The van der Waals surface area contributed by atoms with Crippen molar-refractivity contribution in [2.75, 3.05) is 13.2 Å². The number of esters is 1. The van der Waals surface area contributed by atoms with E-state index in [-0.39, 0.29) is 41.6 Å². The molecule has 0 bridgehead atoms. The number of rotatable bonds is 7. The predicted octanol–water partition coefficient (Wildman–Crippen LogP) is 2.97. The van der Waals surface area contributed by atoms with Gasteiger partial charge in [0.05, 0.1) is 11.6 Å². The van der Waals surface area contributed by atoms with Gasteiger partial charge in [0, 0.05) is 18.3 Å². The molecule has 0 unspecified atom stereocenters. The third-order valence-electron chi connectivity index (χ3n) is 2.62. The van der Waals surface area contributed by atoms with Crippen LogP contribution < -0.4 is 9.47 Å². The van der Waals surface area contributed by atoms with E-state index in [0.717, 1.165) is 12.1 Å². The van der Waals surface area contributed by atoms with E-state index in [1.165, 1.54) is 18.3 Å². The number of carbonyl (C=O) groups is 1. The fourth-order valence-corrected chi connectivity index (χ4v) is 1.81. The van der Waals surface area contributed by atoms with Crippen LogP contribution in [-0.2, 0) is 14.3 Å². The van der Waals surface area contributed by atoms with E-state index >= 15 is 0 Å². The summed E-state index contributed by atoms with van der Waals surface area (Å²) in [4.78, 5) is 32.5. The molecule has 0 N–H and O–H groups in total. The number of isocyanates is 1. The van der Waals surface area contributed by atoms with Crippen molar-refractivity contribution in [3.8, 4) is 17.6 Å². The molecule has 0 spiro atoms. The lowest BCUT2D eigenvalue weighted by molar-refractivity contribution is -0.145. The number of aliphatic imine (C=N–C) groups is 1. The van der Waals surface area contributed by atoms with Crippen LogP contribution in [0.3, 0.4) is 0 Å². The largest absolute Gasteiger partial charge is 0.465 e. The van der Waals surface area contributed by atoms with Crippen molar-refractivity contribution < 1.29 is 28.2 Å². The van der Waals surface area contributed by atoms with E-state index in [2.05, 4.69) is 15.0 Å². The number of benzene rings is 1. The molecule has 10 heteroatoms. The minimum atomic E-state index is -0.812. The lowest BCUT2D eigenvalue weighted by atomic mass is 10.3. The summed E-state index contributed by atoms with van der Waals surface area (Å²) in [6.07, 6.45) is 2.55. The summed E-state index contributed by atoms with van der Waals surface area (Å²) in [6, 6.07) is 3.25. The number of aromatic nitrogens is 2. The third-order valence-corrected chi connectivity index (χ3v) is 2.92. The summed E-state index contributed by atoms with van der Waals surface area (Å²) < 4.78 is 28.8. The molecule has 1 aromatic heterocycles.